The zero-order chi connectivity index (χ0) is 15.4. The molecule has 1 aliphatic rings. The molecule has 0 bridgehead atoms. The van der Waals surface area contributed by atoms with Crippen LogP contribution in [0.2, 0.25) is 0 Å². The summed E-state index contributed by atoms with van der Waals surface area (Å²) in [5.74, 6) is 1.01. The molecule has 1 saturated heterocycles. The van der Waals surface area contributed by atoms with E-state index < -0.39 is 0 Å². The summed E-state index contributed by atoms with van der Waals surface area (Å²) in [7, 11) is 1.88. The highest BCUT2D eigenvalue weighted by atomic mass is 16.5. The van der Waals surface area contributed by atoms with E-state index in [-0.39, 0.29) is 5.95 Å². The number of rotatable bonds is 5. The Morgan fingerprint density at radius 1 is 1.32 bits per heavy atom. The maximum Gasteiger partial charge on any atom is 0.221 e. The van der Waals surface area contributed by atoms with Crippen molar-refractivity contribution in [2.24, 2.45) is 7.05 Å². The van der Waals surface area contributed by atoms with Gasteiger partial charge in [-0.2, -0.15) is 10.1 Å². The Labute approximate surface area is 129 Å². The van der Waals surface area contributed by atoms with Crippen LogP contribution < -0.4 is 11.1 Å². The molecule has 22 heavy (non-hydrogen) atoms. The molecule has 1 fully saturated rings. The highest BCUT2D eigenvalue weighted by Gasteiger charge is 2.12. The smallest absolute Gasteiger partial charge is 0.221 e. The SMILES string of the molecule is Cn1cc(-c2cnc(N)nc2NCCN2CCOCC2)cn1. The summed E-state index contributed by atoms with van der Waals surface area (Å²) in [6, 6.07) is 0. The topological polar surface area (TPSA) is 94.1 Å². The third-order valence-corrected chi connectivity index (χ3v) is 3.65. The monoisotopic (exact) mass is 303 g/mol. The summed E-state index contributed by atoms with van der Waals surface area (Å²) < 4.78 is 7.10. The fourth-order valence-corrected chi connectivity index (χ4v) is 2.46. The Bertz CT molecular complexity index is 621. The molecule has 8 heteroatoms. The van der Waals surface area contributed by atoms with Crippen LogP contribution in [0.4, 0.5) is 11.8 Å². The van der Waals surface area contributed by atoms with Crippen molar-refractivity contribution in [1.29, 1.82) is 0 Å². The van der Waals surface area contributed by atoms with Crippen molar-refractivity contribution in [1.82, 2.24) is 24.6 Å². The van der Waals surface area contributed by atoms with Gasteiger partial charge in [-0.1, -0.05) is 0 Å². The molecule has 0 spiro atoms. The first-order valence-corrected chi connectivity index (χ1v) is 7.38. The first-order chi connectivity index (χ1) is 10.7. The lowest BCUT2D eigenvalue weighted by Crippen LogP contribution is -2.39. The minimum absolute atomic E-state index is 0.265. The van der Waals surface area contributed by atoms with Gasteiger partial charge in [-0.05, 0) is 0 Å². The molecule has 3 N–H and O–H groups in total. The number of aryl methyl sites for hydroxylation is 1. The van der Waals surface area contributed by atoms with Crippen LogP contribution in [0, 0.1) is 0 Å². The van der Waals surface area contributed by atoms with Gasteiger partial charge in [-0.25, -0.2) is 4.98 Å². The van der Waals surface area contributed by atoms with E-state index in [2.05, 4.69) is 25.3 Å². The first-order valence-electron chi connectivity index (χ1n) is 7.38. The van der Waals surface area contributed by atoms with Gasteiger partial charge >= 0.3 is 0 Å². The van der Waals surface area contributed by atoms with Gasteiger partial charge in [-0.3, -0.25) is 9.58 Å². The van der Waals surface area contributed by atoms with Crippen LogP contribution >= 0.6 is 0 Å². The van der Waals surface area contributed by atoms with Crippen LogP contribution in [0.25, 0.3) is 11.1 Å². The average Bonchev–Trinajstić information content (AvgIpc) is 2.95. The summed E-state index contributed by atoms with van der Waals surface area (Å²) in [4.78, 5) is 10.8. The largest absolute Gasteiger partial charge is 0.379 e. The van der Waals surface area contributed by atoms with Crippen molar-refractivity contribution in [2.75, 3.05) is 50.4 Å². The lowest BCUT2D eigenvalue weighted by atomic mass is 10.2. The number of nitrogen functional groups attached to an aromatic ring is 1. The lowest BCUT2D eigenvalue weighted by molar-refractivity contribution is 0.0398. The van der Waals surface area contributed by atoms with Crippen LogP contribution in [-0.2, 0) is 11.8 Å². The zero-order valence-electron chi connectivity index (χ0n) is 12.7. The van der Waals surface area contributed by atoms with E-state index in [0.717, 1.165) is 56.3 Å². The van der Waals surface area contributed by atoms with Crippen molar-refractivity contribution >= 4 is 11.8 Å². The van der Waals surface area contributed by atoms with Crippen LogP contribution in [0.1, 0.15) is 0 Å². The molecular formula is C14H21N7O. The standard InChI is InChI=1S/C14H21N7O/c1-20-10-11(8-18-20)12-9-17-14(15)19-13(12)16-2-3-21-4-6-22-7-5-21/h8-10H,2-7H2,1H3,(H3,15,16,17,19). The van der Waals surface area contributed by atoms with E-state index in [4.69, 9.17) is 10.5 Å². The quantitative estimate of drug-likeness (QED) is 0.815. The minimum Gasteiger partial charge on any atom is -0.379 e. The summed E-state index contributed by atoms with van der Waals surface area (Å²) >= 11 is 0. The molecule has 0 radical (unpaired) electrons. The van der Waals surface area contributed by atoms with Gasteiger partial charge in [0.1, 0.15) is 5.82 Å². The Hall–Kier alpha value is -2.19. The molecule has 8 nitrogen and oxygen atoms in total. The molecule has 2 aromatic heterocycles. The molecular weight excluding hydrogens is 282 g/mol. The fourth-order valence-electron chi connectivity index (χ4n) is 2.46. The Morgan fingerprint density at radius 2 is 2.14 bits per heavy atom. The predicted molar refractivity (Wildman–Crippen MR) is 84.4 cm³/mol. The van der Waals surface area contributed by atoms with Gasteiger partial charge in [0.25, 0.3) is 0 Å². The molecule has 0 aromatic carbocycles. The molecule has 0 aliphatic carbocycles. The van der Waals surface area contributed by atoms with Crippen molar-refractivity contribution in [3.8, 4) is 11.1 Å². The number of anilines is 2. The van der Waals surface area contributed by atoms with E-state index in [9.17, 15) is 0 Å². The molecule has 3 rings (SSSR count). The van der Waals surface area contributed by atoms with Gasteiger partial charge in [-0.15, -0.1) is 0 Å². The molecule has 1 aliphatic heterocycles. The third kappa shape index (κ3) is 3.52. The summed E-state index contributed by atoms with van der Waals surface area (Å²) in [6.07, 6.45) is 5.46. The fraction of sp³-hybridized carbons (Fsp3) is 0.500. The number of hydrogen-bond donors (Lipinski definition) is 2. The lowest BCUT2D eigenvalue weighted by Gasteiger charge is -2.26. The van der Waals surface area contributed by atoms with Gasteiger partial charge < -0.3 is 15.8 Å². The molecule has 0 atom stereocenters. The van der Waals surface area contributed by atoms with Crippen LogP contribution in [0.15, 0.2) is 18.6 Å². The van der Waals surface area contributed by atoms with Crippen molar-refractivity contribution < 1.29 is 4.74 Å². The Balaban J connectivity index is 1.68. The second-order valence-electron chi connectivity index (χ2n) is 5.27. The van der Waals surface area contributed by atoms with Gasteiger partial charge in [0.15, 0.2) is 0 Å². The van der Waals surface area contributed by atoms with Gasteiger partial charge in [0, 0.05) is 56.7 Å². The van der Waals surface area contributed by atoms with Crippen LogP contribution in [-0.4, -0.2) is 64.0 Å². The van der Waals surface area contributed by atoms with Crippen LogP contribution in [0.5, 0.6) is 0 Å². The number of ether oxygens (including phenoxy) is 1. The Morgan fingerprint density at radius 3 is 2.86 bits per heavy atom. The van der Waals surface area contributed by atoms with E-state index in [1.807, 2.05) is 13.2 Å². The van der Waals surface area contributed by atoms with Gasteiger partial charge in [0.2, 0.25) is 5.95 Å². The molecule has 0 amide bonds. The van der Waals surface area contributed by atoms with Crippen molar-refractivity contribution in [3.63, 3.8) is 0 Å². The minimum atomic E-state index is 0.265. The molecule has 118 valence electrons. The van der Waals surface area contributed by atoms with E-state index in [0.29, 0.717) is 0 Å². The number of nitrogens with two attached hydrogens (primary N) is 1. The second-order valence-corrected chi connectivity index (χ2v) is 5.27. The maximum atomic E-state index is 5.72. The molecule has 0 unspecified atom stereocenters. The van der Waals surface area contributed by atoms with E-state index in [1.54, 1.807) is 17.1 Å². The van der Waals surface area contributed by atoms with Gasteiger partial charge in [0.05, 0.1) is 19.4 Å². The number of nitrogens with one attached hydrogen (secondary N) is 1. The van der Waals surface area contributed by atoms with E-state index >= 15 is 0 Å². The predicted octanol–water partition coefficient (Wildman–Crippen LogP) is 0.203. The number of nitrogens with zero attached hydrogens (tertiary/aromatic N) is 5. The summed E-state index contributed by atoms with van der Waals surface area (Å²) in [6.45, 7) is 5.30. The third-order valence-electron chi connectivity index (χ3n) is 3.65. The van der Waals surface area contributed by atoms with Crippen molar-refractivity contribution in [3.05, 3.63) is 18.6 Å². The zero-order valence-corrected chi connectivity index (χ0v) is 12.7. The van der Waals surface area contributed by atoms with Crippen molar-refractivity contribution in [2.45, 2.75) is 0 Å². The van der Waals surface area contributed by atoms with E-state index in [1.165, 1.54) is 0 Å². The molecule has 3 heterocycles. The Kier molecular flexibility index (Phi) is 4.50. The second kappa shape index (κ2) is 6.71. The first kappa shape index (κ1) is 14.7. The number of morpholine rings is 1. The number of aromatic nitrogens is 4. The average molecular weight is 303 g/mol. The highest BCUT2D eigenvalue weighted by Crippen LogP contribution is 2.25. The summed E-state index contributed by atoms with van der Waals surface area (Å²) in [5, 5.41) is 7.55. The normalized spacial score (nSPS) is 15.9. The maximum absolute atomic E-state index is 5.72. The number of hydrogen-bond acceptors (Lipinski definition) is 7. The molecule has 2 aromatic rings. The van der Waals surface area contributed by atoms with Crippen LogP contribution in [0.3, 0.4) is 0 Å². The highest BCUT2D eigenvalue weighted by molar-refractivity contribution is 5.74. The summed E-state index contributed by atoms with van der Waals surface area (Å²) in [5.41, 5.74) is 7.59. The molecule has 0 saturated carbocycles.